The molecule has 3 aliphatic rings. The highest BCUT2D eigenvalue weighted by atomic mass is 79.9. The van der Waals surface area contributed by atoms with E-state index in [0.717, 1.165) is 26.6 Å². The smallest absolute Gasteiger partial charge is 0.405 e. The molecule has 3 saturated heterocycles. The molecule has 2 aromatic rings. The Morgan fingerprint density at radius 2 is 0.848 bits per heavy atom. The predicted molar refractivity (Wildman–Crippen MR) is 190 cm³/mol. The molecule has 2 N–H and O–H groups in total. The summed E-state index contributed by atoms with van der Waals surface area (Å²) in [5.74, 6) is 0. The van der Waals surface area contributed by atoms with Gasteiger partial charge < -0.3 is 38.1 Å². The molecule has 3 heterocycles. The third-order valence-electron chi connectivity index (χ3n) is 10.2. The highest BCUT2D eigenvalue weighted by Crippen LogP contribution is 2.43. The molecule has 0 amide bonds. The number of aliphatic hydroxyl groups excluding tert-OH is 2. The Bertz CT molecular complexity index is 1280. The van der Waals surface area contributed by atoms with Crippen LogP contribution in [0.4, 0.5) is 0 Å². The normalized spacial score (nSPS) is 23.0. The van der Waals surface area contributed by atoms with Crippen LogP contribution in [0, 0.1) is 13.8 Å². The molecule has 5 rings (SSSR count). The fourth-order valence-electron chi connectivity index (χ4n) is 4.75. The van der Waals surface area contributed by atoms with Crippen LogP contribution < -0.4 is 5.46 Å². The summed E-state index contributed by atoms with van der Waals surface area (Å²) in [5, 5.41) is 18.0. The fourth-order valence-corrected chi connectivity index (χ4v) is 5.17. The van der Waals surface area contributed by atoms with E-state index in [0.29, 0.717) is 0 Å². The SMILES string of the molecule is CC1(C)OB(B2OC(C)(C)C(C)(C)O2)OC1(C)C.Cc1ccc(CO)cc1B1OC(C)(C)C(C)(C)O1.Cc1ccc(CO)cc1Br. The van der Waals surface area contributed by atoms with E-state index < -0.39 is 14.0 Å². The van der Waals surface area contributed by atoms with Gasteiger partial charge in [-0.25, -0.2) is 0 Å². The second-order valence-electron chi connectivity index (χ2n) is 15.4. The van der Waals surface area contributed by atoms with Gasteiger partial charge in [0.2, 0.25) is 0 Å². The van der Waals surface area contributed by atoms with Crippen molar-refractivity contribution < 1.29 is 38.1 Å². The van der Waals surface area contributed by atoms with E-state index in [-0.39, 0.29) is 53.9 Å². The van der Waals surface area contributed by atoms with E-state index >= 15 is 0 Å². The van der Waals surface area contributed by atoms with Gasteiger partial charge in [-0.1, -0.05) is 51.8 Å². The van der Waals surface area contributed by atoms with E-state index in [2.05, 4.69) is 15.9 Å². The quantitative estimate of drug-likeness (QED) is 0.360. The third kappa shape index (κ3) is 8.50. The number of rotatable bonds is 4. The van der Waals surface area contributed by atoms with Gasteiger partial charge in [-0.15, -0.1) is 0 Å². The summed E-state index contributed by atoms with van der Waals surface area (Å²) < 4.78 is 37.0. The Morgan fingerprint density at radius 1 is 0.522 bits per heavy atom. The molecule has 12 heteroatoms. The molecule has 0 atom stereocenters. The molecule has 0 bridgehead atoms. The average molecular weight is 703 g/mol. The van der Waals surface area contributed by atoms with Gasteiger partial charge in [0.05, 0.1) is 46.8 Å². The molecule has 8 nitrogen and oxygen atoms in total. The molecule has 2 aromatic carbocycles. The third-order valence-corrected chi connectivity index (χ3v) is 11.1. The van der Waals surface area contributed by atoms with Crippen molar-refractivity contribution in [1.29, 1.82) is 0 Å². The van der Waals surface area contributed by atoms with Crippen molar-refractivity contribution in [3.05, 3.63) is 63.1 Å². The Balaban J connectivity index is 0.000000196. The topological polar surface area (TPSA) is 95.8 Å². The van der Waals surface area contributed by atoms with Gasteiger partial charge in [0, 0.05) is 4.47 Å². The highest BCUT2D eigenvalue weighted by molar-refractivity contribution is 9.10. The van der Waals surface area contributed by atoms with Crippen molar-refractivity contribution in [2.24, 2.45) is 0 Å². The maximum absolute atomic E-state index is 9.22. The molecule has 0 aliphatic carbocycles. The standard InChI is InChI=1S/C14H21BO3.C12H24B2O4.C8H9BrO/c1-10-6-7-11(9-16)8-12(10)15-17-13(2,3)14(4,5)18-15;1-9(2)10(3,4)16-13(15-9)14-17-11(5,6)12(7,8)18-14;1-6-2-3-7(5-10)4-8(6)9/h6-8,16H,9H2,1-5H3;1-8H3;2-4,10H,5H2,1H3. The van der Waals surface area contributed by atoms with E-state index in [9.17, 15) is 5.11 Å². The van der Waals surface area contributed by atoms with Gasteiger partial charge in [-0.2, -0.15) is 0 Å². The van der Waals surface area contributed by atoms with Crippen molar-refractivity contribution in [2.45, 2.75) is 144 Å². The van der Waals surface area contributed by atoms with Gasteiger partial charge in [-0.05, 0) is 125 Å². The molecule has 0 unspecified atom stereocenters. The lowest BCUT2D eigenvalue weighted by molar-refractivity contribution is 0.00578. The van der Waals surface area contributed by atoms with E-state index in [1.54, 1.807) is 0 Å². The summed E-state index contributed by atoms with van der Waals surface area (Å²) in [6, 6.07) is 11.7. The molecular formula is C34H54B3BrO8. The Labute approximate surface area is 286 Å². The summed E-state index contributed by atoms with van der Waals surface area (Å²) >= 11 is 3.38. The molecule has 0 radical (unpaired) electrons. The van der Waals surface area contributed by atoms with Crippen LogP contribution >= 0.6 is 15.9 Å². The maximum atomic E-state index is 9.22. The van der Waals surface area contributed by atoms with Gasteiger partial charge >= 0.3 is 21.1 Å². The Morgan fingerprint density at radius 3 is 1.20 bits per heavy atom. The number of halogens is 1. The highest BCUT2D eigenvalue weighted by Gasteiger charge is 2.63. The number of aliphatic hydroxyl groups is 2. The maximum Gasteiger partial charge on any atom is 0.495 e. The zero-order valence-corrected chi connectivity index (χ0v) is 31.9. The Hall–Kier alpha value is -1.21. The first kappa shape index (κ1) is 39.2. The lowest BCUT2D eigenvalue weighted by Gasteiger charge is -2.32. The van der Waals surface area contributed by atoms with Crippen LogP contribution in [0.1, 0.15) is 105 Å². The van der Waals surface area contributed by atoms with Crippen molar-refractivity contribution >= 4 is 42.5 Å². The van der Waals surface area contributed by atoms with Crippen LogP contribution in [0.25, 0.3) is 0 Å². The van der Waals surface area contributed by atoms with Crippen LogP contribution in [0.15, 0.2) is 40.9 Å². The van der Waals surface area contributed by atoms with Crippen LogP contribution in [-0.2, 0) is 41.1 Å². The van der Waals surface area contributed by atoms with E-state index in [4.69, 9.17) is 33.0 Å². The monoisotopic (exact) mass is 702 g/mol. The summed E-state index contributed by atoms with van der Waals surface area (Å²) in [7, 11) is -1.31. The van der Waals surface area contributed by atoms with Gasteiger partial charge in [0.25, 0.3) is 0 Å². The number of hydrogen-bond acceptors (Lipinski definition) is 8. The second-order valence-corrected chi connectivity index (χ2v) is 16.3. The van der Waals surface area contributed by atoms with Crippen molar-refractivity contribution in [3.63, 3.8) is 0 Å². The van der Waals surface area contributed by atoms with E-state index in [1.807, 2.05) is 133 Å². The van der Waals surface area contributed by atoms with Crippen molar-refractivity contribution in [1.82, 2.24) is 0 Å². The van der Waals surface area contributed by atoms with Gasteiger partial charge in [0.15, 0.2) is 0 Å². The zero-order chi connectivity index (χ0) is 35.1. The zero-order valence-electron chi connectivity index (χ0n) is 30.3. The second kappa shape index (κ2) is 14.0. The summed E-state index contributed by atoms with van der Waals surface area (Å²) in [6.45, 7) is 28.6. The van der Waals surface area contributed by atoms with Crippen LogP contribution in [0.5, 0.6) is 0 Å². The minimum atomic E-state index is -0.476. The predicted octanol–water partition coefficient (Wildman–Crippen LogP) is 6.29. The lowest BCUT2D eigenvalue weighted by Crippen LogP contribution is -2.41. The van der Waals surface area contributed by atoms with Gasteiger partial charge in [0.1, 0.15) is 0 Å². The number of aryl methyl sites for hydroxylation is 2. The molecule has 46 heavy (non-hydrogen) atoms. The van der Waals surface area contributed by atoms with Gasteiger partial charge in [-0.3, -0.25) is 0 Å². The lowest BCUT2D eigenvalue weighted by atomic mass is 9.49. The van der Waals surface area contributed by atoms with Crippen molar-refractivity contribution in [3.8, 4) is 0 Å². The van der Waals surface area contributed by atoms with Crippen LogP contribution in [0.2, 0.25) is 0 Å². The summed E-state index contributed by atoms with van der Waals surface area (Å²) in [4.78, 5) is 0. The Kier molecular flexibility index (Phi) is 11.9. The molecular weight excluding hydrogens is 649 g/mol. The number of hydrogen-bond donors (Lipinski definition) is 2. The van der Waals surface area contributed by atoms with Crippen molar-refractivity contribution in [2.75, 3.05) is 0 Å². The molecule has 3 fully saturated rings. The summed E-state index contributed by atoms with van der Waals surface area (Å²) in [5.41, 5.74) is 3.02. The minimum absolute atomic E-state index is 0.0345. The van der Waals surface area contributed by atoms with Crippen LogP contribution in [0.3, 0.4) is 0 Å². The van der Waals surface area contributed by atoms with E-state index in [1.165, 1.54) is 5.56 Å². The molecule has 0 aromatic heterocycles. The minimum Gasteiger partial charge on any atom is -0.405 e. The first-order chi connectivity index (χ1) is 20.9. The molecule has 0 saturated carbocycles. The molecule has 254 valence electrons. The first-order valence-electron chi connectivity index (χ1n) is 16.0. The number of benzene rings is 2. The molecule has 3 aliphatic heterocycles. The first-order valence-corrected chi connectivity index (χ1v) is 16.8. The summed E-state index contributed by atoms with van der Waals surface area (Å²) in [6.07, 6.45) is 0. The fraction of sp³-hybridized carbons (Fsp3) is 0.647. The average Bonchev–Trinajstić information content (AvgIpc) is 3.40. The largest absolute Gasteiger partial charge is 0.495 e. The molecule has 0 spiro atoms. The van der Waals surface area contributed by atoms with Crippen LogP contribution in [-0.4, -0.2) is 65.0 Å².